The minimum Gasteiger partial charge on any atom is -0.409 e. The highest BCUT2D eigenvalue weighted by Gasteiger charge is 2.37. The largest absolute Gasteiger partial charge is 0.415 e. The van der Waals surface area contributed by atoms with Crippen LogP contribution in [0.3, 0.4) is 0 Å². The molecule has 4 aromatic rings. The van der Waals surface area contributed by atoms with E-state index in [4.69, 9.17) is 18.9 Å². The van der Waals surface area contributed by atoms with E-state index in [9.17, 15) is 55.9 Å². The van der Waals surface area contributed by atoms with E-state index in [0.717, 1.165) is 194 Å². The fourth-order valence-corrected chi connectivity index (χ4v) is 20.7. The summed E-state index contributed by atoms with van der Waals surface area (Å²) in [5, 5.41) is 9.98. The molecule has 4 aromatic carbocycles. The molecule has 0 unspecified atom stereocenters. The Morgan fingerprint density at radius 1 is 0.358 bits per heavy atom. The van der Waals surface area contributed by atoms with Gasteiger partial charge in [-0.2, -0.15) is 20.0 Å². The number of nitrogens with one attached hydrogen (secondary N) is 4. The number of rotatable bonds is 14. The van der Waals surface area contributed by atoms with E-state index in [1.165, 1.54) is 133 Å². The number of nitrogens with zero attached hydrogens (tertiary/aromatic N) is 15. The minimum absolute atomic E-state index is 0. The highest BCUT2D eigenvalue weighted by atomic mass is 32.2. The lowest BCUT2D eigenvalue weighted by Gasteiger charge is -2.37. The second-order valence-corrected chi connectivity index (χ2v) is 37.3. The standard InChI is InChI=1S/C24H30FN5O3S.C24H32FN5O3S.C23H30FN5O3S.C20H23FN4O3S.4CH4/c25-18-6-5-17(15-21-22(31)27-23(34-21)30-12-2-1-9-26-30)20(16-18)33-24(32)29-13-7-19(8-14-29)28-10-3-4-11-28;1-3-28(4-2)19-9-13-29(14-10-19)24(32)33-20-16-18(25)8-7-17(20)15-21-22(31)27-23(34-21)30-12-6-5-11-26-30;1-3-27(2)18-8-12-28(13-9-18)23(31)32-19-15-17(24)7-6-16(19)14-20-21(30)26-22(33-20)29-11-5-4-10-25-29;21-15-7-6-14(16(13-15)28-20(27)24-9-3-1-4-10-24)12-17-18(26)23-19(29-17)25-11-5-2-8-22-25;;;;/h5-6,15-16,19,26H,1-4,7-14H2;7-8,15-16,19,26H,3-6,9-14H2,1-2H3;6-7,14-15,18,25H,3-5,8-13H2,1-2H3;6-7,12-13,22H,1-5,8-11H2;4*1H4/b2*21-15-;20-14-;17-12-;;;;. The molecule has 0 atom stereocenters. The van der Waals surface area contributed by atoms with Gasteiger partial charge in [-0.1, -0.05) is 50.5 Å². The first-order chi connectivity index (χ1) is 63.1. The van der Waals surface area contributed by atoms with Gasteiger partial charge < -0.3 is 53.2 Å². The molecule has 17 rings (SSSR count). The Labute approximate surface area is 802 Å². The maximum atomic E-state index is 14.0. The maximum absolute atomic E-state index is 14.0. The molecule has 0 spiro atoms. The normalized spacial score (nSPS) is 21.1. The third-order valence-corrected chi connectivity index (χ3v) is 28.6. The van der Waals surface area contributed by atoms with Gasteiger partial charge in [0.1, 0.15) is 46.3 Å². The molecule has 8 amide bonds. The highest BCUT2D eigenvalue weighted by Crippen LogP contribution is 2.40. The quantitative estimate of drug-likeness (QED) is 0.0673. The van der Waals surface area contributed by atoms with E-state index in [-0.39, 0.29) is 76.3 Å². The average Bonchev–Trinajstić information content (AvgIpc) is 1.63. The summed E-state index contributed by atoms with van der Waals surface area (Å²) in [6.45, 7) is 23.1. The summed E-state index contributed by atoms with van der Waals surface area (Å²) in [6, 6.07) is 17.4. The zero-order valence-corrected chi connectivity index (χ0v) is 77.3. The van der Waals surface area contributed by atoms with E-state index < -0.39 is 47.6 Å². The third kappa shape index (κ3) is 29.0. The van der Waals surface area contributed by atoms with Crippen LogP contribution >= 0.6 is 47.0 Å². The van der Waals surface area contributed by atoms with E-state index in [1.54, 1.807) is 43.9 Å². The Morgan fingerprint density at radius 2 is 0.619 bits per heavy atom. The van der Waals surface area contributed by atoms with Crippen molar-refractivity contribution in [3.05, 3.63) is 138 Å². The molecule has 0 radical (unpaired) electrons. The van der Waals surface area contributed by atoms with Gasteiger partial charge in [-0.05, 0) is 282 Å². The number of hydrazine groups is 4. The van der Waals surface area contributed by atoms with Gasteiger partial charge in [-0.3, -0.25) is 39.2 Å². The van der Waals surface area contributed by atoms with Crippen molar-refractivity contribution in [2.24, 2.45) is 20.0 Å². The summed E-state index contributed by atoms with van der Waals surface area (Å²) in [4.78, 5) is 133. The molecule has 13 aliphatic rings. The number of carbonyl (C=O) groups excluding carboxylic acids is 8. The number of ether oxygens (including phenoxy) is 4. The number of carbonyl (C=O) groups is 8. The molecule has 730 valence electrons. The van der Waals surface area contributed by atoms with Crippen LogP contribution in [0, 0.1) is 23.3 Å². The predicted molar refractivity (Wildman–Crippen MR) is 526 cm³/mol. The van der Waals surface area contributed by atoms with Crippen LogP contribution in [-0.2, 0) is 19.2 Å². The summed E-state index contributed by atoms with van der Waals surface area (Å²) >= 11 is 5.05. The van der Waals surface area contributed by atoms with E-state index >= 15 is 0 Å². The molecule has 13 aliphatic heterocycles. The molecular weight excluding hydrogens is 1800 g/mol. The fourth-order valence-electron chi connectivity index (χ4n) is 17.0. The molecule has 0 aliphatic carbocycles. The number of benzene rings is 4. The second-order valence-electron chi connectivity index (χ2n) is 33.2. The number of hydrogen-bond acceptors (Lipinski definition) is 27. The van der Waals surface area contributed by atoms with Gasteiger partial charge in [0.15, 0.2) is 20.7 Å². The smallest absolute Gasteiger partial charge is 0.409 e. The Balaban J connectivity index is 0.000000183. The van der Waals surface area contributed by atoms with Crippen molar-refractivity contribution in [2.75, 3.05) is 144 Å². The zero-order chi connectivity index (χ0) is 91.2. The Bertz CT molecular complexity index is 4860. The van der Waals surface area contributed by atoms with Crippen LogP contribution in [-0.4, -0.2) is 286 Å². The summed E-state index contributed by atoms with van der Waals surface area (Å²) in [5.41, 5.74) is 14.8. The van der Waals surface area contributed by atoms with Gasteiger partial charge in [-0.25, -0.2) is 58.4 Å². The number of aliphatic imine (C=N–C) groups is 4. The first-order valence-electron chi connectivity index (χ1n) is 45.5. The van der Waals surface area contributed by atoms with E-state index in [1.807, 2.05) is 20.0 Å². The number of halogens is 4. The molecule has 134 heavy (non-hydrogen) atoms. The van der Waals surface area contributed by atoms with Gasteiger partial charge in [0.25, 0.3) is 23.6 Å². The molecule has 39 heteroatoms. The Morgan fingerprint density at radius 3 is 0.888 bits per heavy atom. The summed E-state index contributed by atoms with van der Waals surface area (Å²) in [7, 11) is 2.09. The van der Waals surface area contributed by atoms with Crippen LogP contribution in [0.15, 0.2) is 112 Å². The molecule has 31 nitrogen and oxygen atoms in total. The first-order valence-corrected chi connectivity index (χ1v) is 48.7. The summed E-state index contributed by atoms with van der Waals surface area (Å²) < 4.78 is 78.1. The summed E-state index contributed by atoms with van der Waals surface area (Å²) in [6.07, 6.45) is 23.8. The highest BCUT2D eigenvalue weighted by molar-refractivity contribution is 8.19. The SMILES string of the molecule is C.C.C.C.CCN(C)C1CCN(C(=O)Oc2cc(F)ccc2/C=C2\SC(N3CCCCN3)=NC2=O)CC1.CCN(CC)C1CCN(C(=O)Oc2cc(F)ccc2/C=C2\SC(N3CCCCN3)=NC2=O)CC1.O=C1N=C(N2CCCCN2)S/C1=C\c1ccc(F)cc1OC(=O)N1CCC(N2CCCC2)CC1.O=C1N=C(N2CCCCN2)S/C1=C\c1ccc(F)cc1OC(=O)N1CCCCC1. The molecule has 0 aromatic heterocycles. The number of hydrogen-bond donors (Lipinski definition) is 4. The van der Waals surface area contributed by atoms with E-state index in [0.29, 0.717) is 133 Å². The second kappa shape index (κ2) is 52.0. The van der Waals surface area contributed by atoms with E-state index in [2.05, 4.69) is 84.2 Å². The lowest BCUT2D eigenvalue weighted by atomic mass is 10.0. The number of amides is 8. The van der Waals surface area contributed by atoms with Gasteiger partial charge in [0, 0.05) is 169 Å². The van der Waals surface area contributed by atoms with Crippen molar-refractivity contribution in [1.82, 2.24) is 76.0 Å². The van der Waals surface area contributed by atoms with Crippen molar-refractivity contribution in [3.8, 4) is 23.0 Å². The van der Waals surface area contributed by atoms with Crippen molar-refractivity contribution in [1.29, 1.82) is 0 Å². The molecule has 9 fully saturated rings. The molecule has 0 bridgehead atoms. The minimum atomic E-state index is -0.511. The molecular formula is C95H131F4N19O12S4. The van der Waals surface area contributed by atoms with Crippen LogP contribution in [0.1, 0.15) is 195 Å². The van der Waals surface area contributed by atoms with Crippen LogP contribution in [0.4, 0.5) is 36.7 Å². The molecule has 13 heterocycles. The van der Waals surface area contributed by atoms with Crippen LogP contribution in [0.2, 0.25) is 0 Å². The number of piperidine rings is 4. The maximum Gasteiger partial charge on any atom is 0.415 e. The van der Waals surface area contributed by atoms with Crippen molar-refractivity contribution in [3.63, 3.8) is 0 Å². The average molecular weight is 1940 g/mol. The van der Waals surface area contributed by atoms with Gasteiger partial charge in [-0.15, -0.1) is 0 Å². The van der Waals surface area contributed by atoms with Crippen LogP contribution < -0.4 is 40.7 Å². The van der Waals surface area contributed by atoms with Crippen molar-refractivity contribution < 1.29 is 74.9 Å². The summed E-state index contributed by atoms with van der Waals surface area (Å²) in [5.74, 6) is -3.03. The lowest BCUT2D eigenvalue weighted by molar-refractivity contribution is -0.114. The predicted octanol–water partition coefficient (Wildman–Crippen LogP) is 16.4. The molecule has 0 saturated carbocycles. The molecule has 9 saturated heterocycles. The number of amidine groups is 4. The monoisotopic (exact) mass is 1930 g/mol. The number of likely N-dealkylation sites (tertiary alicyclic amines) is 5. The van der Waals surface area contributed by atoms with Gasteiger partial charge >= 0.3 is 24.4 Å². The first kappa shape index (κ1) is 106. The Kier molecular flexibility index (Phi) is 41.3. The van der Waals surface area contributed by atoms with Gasteiger partial charge in [0.2, 0.25) is 0 Å². The zero-order valence-electron chi connectivity index (χ0n) is 74.0. The third-order valence-electron chi connectivity index (χ3n) is 24.5. The molecule has 4 N–H and O–H groups in total. The van der Waals surface area contributed by atoms with Crippen LogP contribution in [0.25, 0.3) is 24.3 Å². The Hall–Kier alpha value is -9.68. The lowest BCUT2D eigenvalue weighted by Crippen LogP contribution is -2.47. The van der Waals surface area contributed by atoms with Crippen LogP contribution in [0.5, 0.6) is 23.0 Å². The van der Waals surface area contributed by atoms with Gasteiger partial charge in [0.05, 0.1) is 19.6 Å². The van der Waals surface area contributed by atoms with Crippen molar-refractivity contribution >= 4 is 140 Å². The number of thioether (sulfide) groups is 4. The topological polar surface area (TPSA) is 307 Å². The van der Waals surface area contributed by atoms with Crippen molar-refractivity contribution in [2.45, 2.75) is 191 Å². The fraction of sp³-hybridized carbons (Fsp3) is 0.537.